The summed E-state index contributed by atoms with van der Waals surface area (Å²) in [5, 5.41) is 3.64. The molecule has 98 valence electrons. The van der Waals surface area contributed by atoms with Gasteiger partial charge in [0.1, 0.15) is 12.4 Å². The molecule has 0 radical (unpaired) electrons. The number of halogens is 2. The normalized spacial score (nSPS) is 13.4. The first-order valence-electron chi connectivity index (χ1n) is 5.99. The number of nitrogens with one attached hydrogen (secondary N) is 1. The van der Waals surface area contributed by atoms with Gasteiger partial charge in [-0.05, 0) is 36.8 Å². The van der Waals surface area contributed by atoms with Crippen molar-refractivity contribution < 1.29 is 9.13 Å². The third-order valence-electron chi connectivity index (χ3n) is 3.00. The molecular formula is C14H12ClFN2O. The fourth-order valence-corrected chi connectivity index (χ4v) is 2.29. The molecule has 2 aromatic rings. The van der Waals surface area contributed by atoms with E-state index in [0.717, 1.165) is 11.3 Å². The number of anilines is 1. The maximum absolute atomic E-state index is 13.9. The molecule has 0 fully saturated rings. The summed E-state index contributed by atoms with van der Waals surface area (Å²) >= 11 is 5.92. The SMILES string of the molecule is Cc1cc(-c2cc(Cl)ccc2F)nc2c1OCCN2. The van der Waals surface area contributed by atoms with Gasteiger partial charge in [-0.1, -0.05) is 11.6 Å². The molecule has 1 aromatic heterocycles. The van der Waals surface area contributed by atoms with Gasteiger partial charge in [0.25, 0.3) is 0 Å². The van der Waals surface area contributed by atoms with Crippen molar-refractivity contribution in [2.45, 2.75) is 6.92 Å². The molecular weight excluding hydrogens is 267 g/mol. The van der Waals surface area contributed by atoms with Crippen LogP contribution >= 0.6 is 11.6 Å². The smallest absolute Gasteiger partial charge is 0.169 e. The second-order valence-electron chi connectivity index (χ2n) is 4.40. The summed E-state index contributed by atoms with van der Waals surface area (Å²) in [7, 11) is 0. The molecule has 3 nitrogen and oxygen atoms in total. The van der Waals surface area contributed by atoms with Gasteiger partial charge < -0.3 is 10.1 Å². The van der Waals surface area contributed by atoms with Crippen LogP contribution in [0, 0.1) is 12.7 Å². The van der Waals surface area contributed by atoms with Gasteiger partial charge in [0.2, 0.25) is 0 Å². The molecule has 2 heterocycles. The Hall–Kier alpha value is -1.81. The molecule has 0 bridgehead atoms. The second-order valence-corrected chi connectivity index (χ2v) is 4.84. The van der Waals surface area contributed by atoms with Crippen LogP contribution < -0.4 is 10.1 Å². The van der Waals surface area contributed by atoms with Crippen LogP contribution in [0.25, 0.3) is 11.3 Å². The third kappa shape index (κ3) is 2.24. The van der Waals surface area contributed by atoms with Crippen LogP contribution in [-0.4, -0.2) is 18.1 Å². The van der Waals surface area contributed by atoms with Crippen LogP contribution in [0.4, 0.5) is 10.2 Å². The molecule has 0 unspecified atom stereocenters. The predicted octanol–water partition coefficient (Wildman–Crippen LogP) is 3.65. The van der Waals surface area contributed by atoms with Crippen LogP contribution in [0.15, 0.2) is 24.3 Å². The predicted molar refractivity (Wildman–Crippen MR) is 73.4 cm³/mol. The summed E-state index contributed by atoms with van der Waals surface area (Å²) in [6.07, 6.45) is 0. The Balaban J connectivity index is 2.15. The fourth-order valence-electron chi connectivity index (χ4n) is 2.12. The van der Waals surface area contributed by atoms with Crippen molar-refractivity contribution in [1.82, 2.24) is 4.98 Å². The van der Waals surface area contributed by atoms with Gasteiger partial charge >= 0.3 is 0 Å². The molecule has 0 spiro atoms. The molecule has 0 saturated heterocycles. The van der Waals surface area contributed by atoms with Crippen LogP contribution in [0.2, 0.25) is 5.02 Å². The Bertz CT molecular complexity index is 646. The number of nitrogens with zero attached hydrogens (tertiary/aromatic N) is 1. The van der Waals surface area contributed by atoms with Crippen molar-refractivity contribution in [3.8, 4) is 17.0 Å². The second kappa shape index (κ2) is 4.70. The first kappa shape index (κ1) is 12.2. The Kier molecular flexibility index (Phi) is 3.03. The van der Waals surface area contributed by atoms with E-state index in [1.165, 1.54) is 12.1 Å². The lowest BCUT2D eigenvalue weighted by Crippen LogP contribution is -2.20. The van der Waals surface area contributed by atoms with Gasteiger partial charge in [-0.25, -0.2) is 9.37 Å². The molecule has 1 aliphatic heterocycles. The van der Waals surface area contributed by atoms with Crippen LogP contribution in [0.3, 0.4) is 0 Å². The highest BCUT2D eigenvalue weighted by Gasteiger charge is 2.17. The quantitative estimate of drug-likeness (QED) is 0.864. The number of ether oxygens (including phenoxy) is 1. The third-order valence-corrected chi connectivity index (χ3v) is 3.24. The van der Waals surface area contributed by atoms with Gasteiger partial charge in [-0.3, -0.25) is 0 Å². The zero-order chi connectivity index (χ0) is 13.4. The maximum atomic E-state index is 13.9. The number of aryl methyl sites for hydroxylation is 1. The summed E-state index contributed by atoms with van der Waals surface area (Å²) in [6, 6.07) is 6.25. The lowest BCUT2D eigenvalue weighted by molar-refractivity contribution is 0.319. The van der Waals surface area contributed by atoms with E-state index in [4.69, 9.17) is 16.3 Å². The molecule has 19 heavy (non-hydrogen) atoms. The molecule has 3 rings (SSSR count). The highest BCUT2D eigenvalue weighted by atomic mass is 35.5. The van der Waals surface area contributed by atoms with E-state index < -0.39 is 0 Å². The largest absolute Gasteiger partial charge is 0.488 e. The summed E-state index contributed by atoms with van der Waals surface area (Å²) in [4.78, 5) is 4.41. The molecule has 1 N–H and O–H groups in total. The van der Waals surface area contributed by atoms with Gasteiger partial charge in [0.05, 0.1) is 12.2 Å². The molecule has 5 heteroatoms. The minimum absolute atomic E-state index is 0.340. The number of hydrogen-bond donors (Lipinski definition) is 1. The van der Waals surface area contributed by atoms with E-state index >= 15 is 0 Å². The minimum Gasteiger partial charge on any atom is -0.488 e. The molecule has 0 aliphatic carbocycles. The van der Waals surface area contributed by atoms with Crippen LogP contribution in [-0.2, 0) is 0 Å². The first-order valence-corrected chi connectivity index (χ1v) is 6.36. The van der Waals surface area contributed by atoms with E-state index in [1.54, 1.807) is 12.1 Å². The Morgan fingerprint density at radius 1 is 1.37 bits per heavy atom. The van der Waals surface area contributed by atoms with E-state index in [2.05, 4.69) is 10.3 Å². The van der Waals surface area contributed by atoms with Crippen LogP contribution in [0.5, 0.6) is 5.75 Å². The number of pyridine rings is 1. The lowest BCUT2D eigenvalue weighted by Gasteiger charge is -2.21. The molecule has 0 saturated carbocycles. The van der Waals surface area contributed by atoms with E-state index in [1.807, 2.05) is 6.92 Å². The van der Waals surface area contributed by atoms with Crippen molar-refractivity contribution in [1.29, 1.82) is 0 Å². The van der Waals surface area contributed by atoms with Gasteiger partial charge in [0, 0.05) is 10.6 Å². The highest BCUT2D eigenvalue weighted by Crippen LogP contribution is 2.34. The number of rotatable bonds is 1. The Morgan fingerprint density at radius 2 is 2.21 bits per heavy atom. The van der Waals surface area contributed by atoms with Crippen LogP contribution in [0.1, 0.15) is 5.56 Å². The fraction of sp³-hybridized carbons (Fsp3) is 0.214. The average molecular weight is 279 g/mol. The molecule has 1 aliphatic rings. The van der Waals surface area contributed by atoms with Gasteiger partial charge in [-0.15, -0.1) is 0 Å². The Morgan fingerprint density at radius 3 is 3.05 bits per heavy atom. The average Bonchev–Trinajstić information content (AvgIpc) is 2.41. The molecule has 0 atom stereocenters. The zero-order valence-corrected chi connectivity index (χ0v) is 11.1. The summed E-state index contributed by atoms with van der Waals surface area (Å²) < 4.78 is 19.4. The first-order chi connectivity index (χ1) is 9.15. The van der Waals surface area contributed by atoms with E-state index in [9.17, 15) is 4.39 Å². The summed E-state index contributed by atoms with van der Waals surface area (Å²) in [6.45, 7) is 3.22. The summed E-state index contributed by atoms with van der Waals surface area (Å²) in [5.41, 5.74) is 1.87. The topological polar surface area (TPSA) is 34.1 Å². The molecule has 1 aromatic carbocycles. The number of benzene rings is 1. The van der Waals surface area contributed by atoms with Gasteiger partial charge in [-0.2, -0.15) is 0 Å². The summed E-state index contributed by atoms with van der Waals surface area (Å²) in [5.74, 6) is 1.05. The lowest BCUT2D eigenvalue weighted by atomic mass is 10.1. The highest BCUT2D eigenvalue weighted by molar-refractivity contribution is 6.30. The van der Waals surface area contributed by atoms with E-state index in [0.29, 0.717) is 35.2 Å². The Labute approximate surface area is 115 Å². The zero-order valence-electron chi connectivity index (χ0n) is 10.3. The monoisotopic (exact) mass is 278 g/mol. The maximum Gasteiger partial charge on any atom is 0.169 e. The van der Waals surface area contributed by atoms with Crippen molar-refractivity contribution in [2.75, 3.05) is 18.5 Å². The number of hydrogen-bond acceptors (Lipinski definition) is 3. The van der Waals surface area contributed by atoms with Gasteiger partial charge in [0.15, 0.2) is 11.6 Å². The minimum atomic E-state index is -0.340. The van der Waals surface area contributed by atoms with Crippen molar-refractivity contribution in [3.63, 3.8) is 0 Å². The van der Waals surface area contributed by atoms with Crippen molar-refractivity contribution in [3.05, 3.63) is 40.7 Å². The van der Waals surface area contributed by atoms with Crippen molar-refractivity contribution in [2.24, 2.45) is 0 Å². The number of fused-ring (bicyclic) bond motifs is 1. The van der Waals surface area contributed by atoms with E-state index in [-0.39, 0.29) is 5.82 Å². The standard InChI is InChI=1S/C14H12ClFN2O/c1-8-6-12(10-7-9(15)2-3-11(10)16)18-14-13(8)19-5-4-17-14/h2-3,6-7H,4-5H2,1H3,(H,17,18). The number of aromatic nitrogens is 1. The molecule has 0 amide bonds. The van der Waals surface area contributed by atoms with Crippen molar-refractivity contribution >= 4 is 17.4 Å².